The van der Waals surface area contributed by atoms with E-state index in [1.165, 1.54) is 17.7 Å². The van der Waals surface area contributed by atoms with E-state index in [4.69, 9.17) is 4.98 Å². The van der Waals surface area contributed by atoms with Gasteiger partial charge in [0.2, 0.25) is 0 Å². The van der Waals surface area contributed by atoms with Crippen molar-refractivity contribution in [1.29, 1.82) is 0 Å². The summed E-state index contributed by atoms with van der Waals surface area (Å²) in [5, 5.41) is 20.9. The Balaban J connectivity index is 1.19. The zero-order valence-electron chi connectivity index (χ0n) is 19.4. The molecule has 2 aromatic heterocycles. The summed E-state index contributed by atoms with van der Waals surface area (Å²) >= 11 is 0. The summed E-state index contributed by atoms with van der Waals surface area (Å²) in [6, 6.07) is 12.4. The molecular weight excluding hydrogens is 428 g/mol. The van der Waals surface area contributed by atoms with Gasteiger partial charge >= 0.3 is 5.97 Å². The molecule has 1 fully saturated rings. The van der Waals surface area contributed by atoms with Crippen LogP contribution in [0.1, 0.15) is 48.4 Å². The van der Waals surface area contributed by atoms with Crippen LogP contribution in [0.3, 0.4) is 0 Å². The second-order valence-corrected chi connectivity index (χ2v) is 9.53. The quantitative estimate of drug-likeness (QED) is 0.504. The van der Waals surface area contributed by atoms with Crippen molar-refractivity contribution >= 4 is 11.8 Å². The van der Waals surface area contributed by atoms with Crippen molar-refractivity contribution in [3.05, 3.63) is 65.6 Å². The number of pyridine rings is 1. The van der Waals surface area contributed by atoms with Crippen molar-refractivity contribution < 1.29 is 9.90 Å². The molecule has 8 nitrogen and oxygen atoms in total. The van der Waals surface area contributed by atoms with Gasteiger partial charge in [-0.1, -0.05) is 23.4 Å². The fourth-order valence-electron chi connectivity index (χ4n) is 5.25. The normalized spacial score (nSPS) is 18.9. The van der Waals surface area contributed by atoms with E-state index >= 15 is 0 Å². The van der Waals surface area contributed by atoms with Crippen molar-refractivity contribution in [2.45, 2.75) is 44.4 Å². The number of nitrogens with one attached hydrogen (secondary N) is 1. The van der Waals surface area contributed by atoms with Gasteiger partial charge in [-0.25, -0.2) is 9.67 Å². The number of likely N-dealkylation sites (tertiary alicyclic amines) is 1. The summed E-state index contributed by atoms with van der Waals surface area (Å²) in [6.07, 6.45) is 9.12. The van der Waals surface area contributed by atoms with Gasteiger partial charge in [-0.05, 0) is 73.9 Å². The van der Waals surface area contributed by atoms with Gasteiger partial charge in [0, 0.05) is 31.2 Å². The molecular formula is C26H32N6O2. The van der Waals surface area contributed by atoms with E-state index in [2.05, 4.69) is 32.7 Å². The Kier molecular flexibility index (Phi) is 6.85. The van der Waals surface area contributed by atoms with Crippen molar-refractivity contribution in [3.8, 4) is 5.69 Å². The first-order valence-corrected chi connectivity index (χ1v) is 12.3. The molecule has 2 aliphatic rings. The van der Waals surface area contributed by atoms with Gasteiger partial charge in [-0.2, -0.15) is 0 Å². The van der Waals surface area contributed by atoms with Gasteiger partial charge in [0.05, 0.1) is 24.5 Å². The lowest BCUT2D eigenvalue weighted by Crippen LogP contribution is -2.28. The number of hydrogen-bond acceptors (Lipinski definition) is 6. The smallest absolute Gasteiger partial charge is 0.304 e. The highest BCUT2D eigenvalue weighted by molar-refractivity contribution is 5.68. The summed E-state index contributed by atoms with van der Waals surface area (Å²) < 4.78 is 1.71. The Morgan fingerprint density at radius 1 is 1.26 bits per heavy atom. The van der Waals surface area contributed by atoms with Gasteiger partial charge in [-0.15, -0.1) is 5.10 Å². The SMILES string of the molecule is O=C(O)CC(CN1CC[C@@H](CCc2ccc3c(n2)NCCC3)C1)c1cccc(-n2ccnn2)c1. The number of aliphatic carboxylic acids is 1. The molecule has 178 valence electrons. The highest BCUT2D eigenvalue weighted by atomic mass is 16.4. The third-order valence-electron chi connectivity index (χ3n) is 7.06. The van der Waals surface area contributed by atoms with Crippen LogP contribution in [0.4, 0.5) is 5.82 Å². The number of nitrogens with zero attached hydrogens (tertiary/aromatic N) is 5. The van der Waals surface area contributed by atoms with E-state index in [1.807, 2.05) is 24.3 Å². The number of aryl methyl sites for hydroxylation is 2. The van der Waals surface area contributed by atoms with Crippen LogP contribution < -0.4 is 5.32 Å². The molecule has 2 aliphatic heterocycles. The molecule has 0 saturated carbocycles. The molecule has 1 aromatic carbocycles. The van der Waals surface area contributed by atoms with E-state index in [0.29, 0.717) is 5.92 Å². The Morgan fingerprint density at radius 3 is 3.06 bits per heavy atom. The number of hydrogen-bond donors (Lipinski definition) is 2. The predicted octanol–water partition coefficient (Wildman–Crippen LogP) is 3.53. The Hall–Kier alpha value is -3.26. The minimum atomic E-state index is -0.765. The van der Waals surface area contributed by atoms with E-state index < -0.39 is 5.97 Å². The van der Waals surface area contributed by atoms with Gasteiger partial charge in [0.1, 0.15) is 5.82 Å². The Labute approximate surface area is 200 Å². The van der Waals surface area contributed by atoms with Crippen LogP contribution in [0.25, 0.3) is 5.69 Å². The Bertz CT molecular complexity index is 1120. The van der Waals surface area contributed by atoms with Crippen molar-refractivity contribution in [1.82, 2.24) is 24.9 Å². The maximum atomic E-state index is 11.6. The molecule has 5 rings (SSSR count). The summed E-state index contributed by atoms with van der Waals surface area (Å²) in [5.74, 6) is 0.867. The first-order valence-electron chi connectivity index (χ1n) is 12.3. The summed E-state index contributed by atoms with van der Waals surface area (Å²) in [6.45, 7) is 3.80. The minimum Gasteiger partial charge on any atom is -0.481 e. The lowest BCUT2D eigenvalue weighted by Gasteiger charge is -2.23. The molecule has 1 saturated heterocycles. The van der Waals surface area contributed by atoms with Gasteiger partial charge in [0.15, 0.2) is 0 Å². The van der Waals surface area contributed by atoms with E-state index in [-0.39, 0.29) is 12.3 Å². The van der Waals surface area contributed by atoms with Crippen LogP contribution >= 0.6 is 0 Å². The number of aromatic nitrogens is 4. The average Bonchev–Trinajstić information content (AvgIpc) is 3.55. The zero-order valence-corrected chi connectivity index (χ0v) is 19.4. The lowest BCUT2D eigenvalue weighted by atomic mass is 9.94. The second-order valence-electron chi connectivity index (χ2n) is 9.53. The average molecular weight is 461 g/mol. The zero-order chi connectivity index (χ0) is 23.3. The van der Waals surface area contributed by atoms with Gasteiger partial charge in [-0.3, -0.25) is 4.79 Å². The number of carboxylic acids is 1. The van der Waals surface area contributed by atoms with Crippen molar-refractivity contribution in [2.24, 2.45) is 5.92 Å². The summed E-state index contributed by atoms with van der Waals surface area (Å²) in [5.41, 5.74) is 4.43. The fourth-order valence-corrected chi connectivity index (χ4v) is 5.25. The molecule has 2 atom stereocenters. The molecule has 0 amide bonds. The summed E-state index contributed by atoms with van der Waals surface area (Å²) in [4.78, 5) is 18.9. The predicted molar refractivity (Wildman–Crippen MR) is 130 cm³/mol. The molecule has 3 aromatic rings. The fraction of sp³-hybridized carbons (Fsp3) is 0.462. The number of anilines is 1. The van der Waals surface area contributed by atoms with Crippen LogP contribution in [0.15, 0.2) is 48.8 Å². The number of rotatable bonds is 9. The first kappa shape index (κ1) is 22.5. The minimum absolute atomic E-state index is 0.0619. The molecule has 0 radical (unpaired) electrons. The van der Waals surface area contributed by atoms with Crippen LogP contribution in [-0.4, -0.2) is 62.1 Å². The molecule has 34 heavy (non-hydrogen) atoms. The molecule has 2 N–H and O–H groups in total. The maximum absolute atomic E-state index is 11.6. The largest absolute Gasteiger partial charge is 0.481 e. The molecule has 0 aliphatic carbocycles. The molecule has 8 heteroatoms. The topological polar surface area (TPSA) is 96.2 Å². The highest BCUT2D eigenvalue weighted by Crippen LogP contribution is 2.28. The number of benzene rings is 1. The third-order valence-corrected chi connectivity index (χ3v) is 7.06. The second kappa shape index (κ2) is 10.3. The van der Waals surface area contributed by atoms with Crippen LogP contribution in [-0.2, 0) is 17.6 Å². The number of carbonyl (C=O) groups is 1. The first-order chi connectivity index (χ1) is 16.6. The third kappa shape index (κ3) is 5.44. The van der Waals surface area contributed by atoms with Crippen molar-refractivity contribution in [2.75, 3.05) is 31.5 Å². The molecule has 4 heterocycles. The van der Waals surface area contributed by atoms with Crippen LogP contribution in [0.2, 0.25) is 0 Å². The van der Waals surface area contributed by atoms with Crippen LogP contribution in [0.5, 0.6) is 0 Å². The lowest BCUT2D eigenvalue weighted by molar-refractivity contribution is -0.137. The molecule has 0 spiro atoms. The van der Waals surface area contributed by atoms with Crippen molar-refractivity contribution in [3.63, 3.8) is 0 Å². The van der Waals surface area contributed by atoms with Crippen LogP contribution in [0, 0.1) is 5.92 Å². The van der Waals surface area contributed by atoms with Gasteiger partial charge in [0.25, 0.3) is 0 Å². The van der Waals surface area contributed by atoms with E-state index in [0.717, 1.165) is 68.9 Å². The maximum Gasteiger partial charge on any atom is 0.304 e. The number of fused-ring (bicyclic) bond motifs is 1. The van der Waals surface area contributed by atoms with E-state index in [1.54, 1.807) is 17.1 Å². The monoisotopic (exact) mass is 460 g/mol. The standard InChI is InChI=1S/C26H32N6O2/c33-25(34)16-22(21-3-1-5-24(15-21)32-14-12-28-30-32)18-31-13-10-19(17-31)6-8-23-9-7-20-4-2-11-27-26(20)29-23/h1,3,5,7,9,12,14-15,19,22H,2,4,6,8,10-11,13,16-18H2,(H,27,29)(H,33,34)/t19-,22?/m1/s1. The summed E-state index contributed by atoms with van der Waals surface area (Å²) in [7, 11) is 0. The molecule has 0 bridgehead atoms. The number of carboxylic acid groups (broad SMARTS) is 1. The highest BCUT2D eigenvalue weighted by Gasteiger charge is 2.27. The van der Waals surface area contributed by atoms with Gasteiger partial charge < -0.3 is 15.3 Å². The molecule has 1 unspecified atom stereocenters. The Morgan fingerprint density at radius 2 is 2.21 bits per heavy atom. The van der Waals surface area contributed by atoms with E-state index in [9.17, 15) is 9.90 Å².